The molecule has 0 saturated carbocycles. The number of aryl methyl sites for hydroxylation is 1. The highest BCUT2D eigenvalue weighted by Crippen LogP contribution is 2.34. The van der Waals surface area contributed by atoms with E-state index >= 15 is 0 Å². The van der Waals surface area contributed by atoms with Crippen LogP contribution in [0.5, 0.6) is 11.5 Å². The van der Waals surface area contributed by atoms with Crippen molar-refractivity contribution >= 4 is 23.2 Å². The van der Waals surface area contributed by atoms with Crippen LogP contribution >= 0.6 is 0 Å². The maximum Gasteiger partial charge on any atom is 0.265 e. The first-order valence-corrected chi connectivity index (χ1v) is 9.83. The number of anilines is 2. The summed E-state index contributed by atoms with van der Waals surface area (Å²) in [6, 6.07) is 18.1. The summed E-state index contributed by atoms with van der Waals surface area (Å²) in [4.78, 5) is 26.3. The van der Waals surface area contributed by atoms with Gasteiger partial charge in [0.2, 0.25) is 0 Å². The molecular weight excluding hydrogens is 399 g/mol. The minimum Gasteiger partial charge on any atom is -0.492 e. The summed E-state index contributed by atoms with van der Waals surface area (Å²) < 4.78 is 24.3. The van der Waals surface area contributed by atoms with Crippen molar-refractivity contribution in [2.45, 2.75) is 6.92 Å². The van der Waals surface area contributed by atoms with Gasteiger partial charge in [-0.15, -0.1) is 0 Å². The summed E-state index contributed by atoms with van der Waals surface area (Å²) in [6.45, 7) is 2.61. The number of fused-ring (bicyclic) bond motifs is 1. The highest BCUT2D eigenvalue weighted by Gasteiger charge is 2.26. The van der Waals surface area contributed by atoms with Crippen LogP contribution in [0.4, 0.5) is 15.8 Å². The van der Waals surface area contributed by atoms with E-state index in [4.69, 9.17) is 9.47 Å². The van der Waals surface area contributed by atoms with Crippen LogP contribution in [0, 0.1) is 12.7 Å². The third-order valence-corrected chi connectivity index (χ3v) is 4.87. The number of halogens is 1. The van der Waals surface area contributed by atoms with Gasteiger partial charge < -0.3 is 19.7 Å². The van der Waals surface area contributed by atoms with Gasteiger partial charge in [0.1, 0.15) is 23.9 Å². The molecule has 0 unspecified atom stereocenters. The van der Waals surface area contributed by atoms with E-state index in [9.17, 15) is 14.0 Å². The minimum atomic E-state index is -0.408. The fourth-order valence-corrected chi connectivity index (χ4v) is 3.22. The van der Waals surface area contributed by atoms with Gasteiger partial charge in [-0.3, -0.25) is 9.59 Å². The van der Waals surface area contributed by atoms with Crippen molar-refractivity contribution in [3.05, 3.63) is 83.7 Å². The summed E-state index contributed by atoms with van der Waals surface area (Å²) in [7, 11) is 0. The van der Waals surface area contributed by atoms with Gasteiger partial charge in [-0.1, -0.05) is 17.7 Å². The molecule has 7 heteroatoms. The van der Waals surface area contributed by atoms with E-state index in [0.717, 1.165) is 11.3 Å². The molecule has 0 spiro atoms. The lowest BCUT2D eigenvalue weighted by molar-refractivity contribution is -0.121. The number of hydrogen-bond donors (Lipinski definition) is 1. The van der Waals surface area contributed by atoms with Gasteiger partial charge in [-0.25, -0.2) is 4.39 Å². The van der Waals surface area contributed by atoms with E-state index in [1.807, 2.05) is 31.2 Å². The van der Waals surface area contributed by atoms with E-state index in [1.165, 1.54) is 24.3 Å². The number of amides is 2. The SMILES string of the molecule is Cc1ccc(OCCN2C(=O)COc3cc(NC(=O)c4ccc(F)cc4)ccc32)cc1. The van der Waals surface area contributed by atoms with Crippen molar-refractivity contribution in [2.75, 3.05) is 30.0 Å². The highest BCUT2D eigenvalue weighted by molar-refractivity contribution is 6.05. The van der Waals surface area contributed by atoms with Gasteiger partial charge in [-0.2, -0.15) is 0 Å². The number of hydrogen-bond acceptors (Lipinski definition) is 4. The number of carbonyl (C=O) groups excluding carboxylic acids is 2. The van der Waals surface area contributed by atoms with Crippen molar-refractivity contribution in [1.29, 1.82) is 0 Å². The lowest BCUT2D eigenvalue weighted by Crippen LogP contribution is -2.41. The first-order valence-electron chi connectivity index (χ1n) is 9.83. The van der Waals surface area contributed by atoms with Crippen molar-refractivity contribution < 1.29 is 23.5 Å². The van der Waals surface area contributed by atoms with Crippen LogP contribution in [-0.4, -0.2) is 31.6 Å². The molecule has 158 valence electrons. The van der Waals surface area contributed by atoms with E-state index < -0.39 is 5.82 Å². The molecule has 1 aliphatic heterocycles. The summed E-state index contributed by atoms with van der Waals surface area (Å²) in [6.07, 6.45) is 0. The summed E-state index contributed by atoms with van der Waals surface area (Å²) in [5.74, 6) is 0.297. The second-order valence-electron chi connectivity index (χ2n) is 7.14. The number of benzene rings is 3. The second-order valence-corrected chi connectivity index (χ2v) is 7.14. The van der Waals surface area contributed by atoms with Crippen LogP contribution < -0.4 is 19.7 Å². The van der Waals surface area contributed by atoms with Gasteiger partial charge in [0.15, 0.2) is 6.61 Å². The number of nitrogens with zero attached hydrogens (tertiary/aromatic N) is 1. The Kier molecular flexibility index (Phi) is 5.84. The van der Waals surface area contributed by atoms with Gasteiger partial charge in [0, 0.05) is 17.3 Å². The highest BCUT2D eigenvalue weighted by atomic mass is 19.1. The van der Waals surface area contributed by atoms with Crippen molar-refractivity contribution in [2.24, 2.45) is 0 Å². The Hall–Kier alpha value is -3.87. The smallest absolute Gasteiger partial charge is 0.265 e. The molecule has 0 radical (unpaired) electrons. The fraction of sp³-hybridized carbons (Fsp3) is 0.167. The molecular formula is C24H21FN2O4. The lowest BCUT2D eigenvalue weighted by atomic mass is 10.2. The van der Waals surface area contributed by atoms with Crippen LogP contribution in [-0.2, 0) is 4.79 Å². The first kappa shape index (κ1) is 20.4. The number of nitrogens with one attached hydrogen (secondary N) is 1. The van der Waals surface area contributed by atoms with Crippen LogP contribution in [0.2, 0.25) is 0 Å². The Morgan fingerprint density at radius 1 is 1.10 bits per heavy atom. The molecule has 4 rings (SSSR count). The number of ether oxygens (including phenoxy) is 2. The largest absolute Gasteiger partial charge is 0.492 e. The third kappa shape index (κ3) is 4.83. The molecule has 1 heterocycles. The van der Waals surface area contributed by atoms with Crippen LogP contribution in [0.1, 0.15) is 15.9 Å². The maximum absolute atomic E-state index is 13.0. The zero-order valence-corrected chi connectivity index (χ0v) is 16.9. The molecule has 3 aromatic rings. The molecule has 1 aliphatic rings. The van der Waals surface area contributed by atoms with Gasteiger partial charge >= 0.3 is 0 Å². The van der Waals surface area contributed by atoms with Gasteiger partial charge in [-0.05, 0) is 55.5 Å². The fourth-order valence-electron chi connectivity index (χ4n) is 3.22. The Labute approximate surface area is 179 Å². The van der Waals surface area contributed by atoms with Crippen LogP contribution in [0.3, 0.4) is 0 Å². The molecule has 0 fully saturated rings. The predicted molar refractivity (Wildman–Crippen MR) is 115 cm³/mol. The van der Waals surface area contributed by atoms with E-state index in [0.29, 0.717) is 35.8 Å². The number of rotatable bonds is 6. The maximum atomic E-state index is 13.0. The molecule has 0 aromatic heterocycles. The lowest BCUT2D eigenvalue weighted by Gasteiger charge is -2.29. The van der Waals surface area contributed by atoms with E-state index in [2.05, 4.69) is 5.32 Å². The first-order chi connectivity index (χ1) is 15.0. The second kappa shape index (κ2) is 8.87. The van der Waals surface area contributed by atoms with Crippen molar-refractivity contribution in [3.8, 4) is 11.5 Å². The zero-order valence-electron chi connectivity index (χ0n) is 16.9. The normalized spacial score (nSPS) is 12.7. The topological polar surface area (TPSA) is 67.9 Å². The average molecular weight is 420 g/mol. The minimum absolute atomic E-state index is 0.0904. The Bertz CT molecular complexity index is 1100. The summed E-state index contributed by atoms with van der Waals surface area (Å²) >= 11 is 0. The Morgan fingerprint density at radius 3 is 2.58 bits per heavy atom. The molecule has 0 atom stereocenters. The third-order valence-electron chi connectivity index (χ3n) is 4.87. The Balaban J connectivity index is 1.43. The molecule has 1 N–H and O–H groups in total. The standard InChI is InChI=1S/C24H21FN2O4/c1-16-2-9-20(10-3-16)30-13-12-27-21-11-8-19(14-22(21)31-15-23(27)28)26-24(29)17-4-6-18(25)7-5-17/h2-11,14H,12-13,15H2,1H3,(H,26,29). The van der Waals surface area contributed by atoms with E-state index in [-0.39, 0.29) is 18.4 Å². The quantitative estimate of drug-likeness (QED) is 0.649. The Morgan fingerprint density at radius 2 is 1.84 bits per heavy atom. The molecule has 0 bridgehead atoms. The molecule has 6 nitrogen and oxygen atoms in total. The molecule has 3 aromatic carbocycles. The van der Waals surface area contributed by atoms with Crippen LogP contribution in [0.25, 0.3) is 0 Å². The molecule has 0 saturated heterocycles. The average Bonchev–Trinajstić information content (AvgIpc) is 2.77. The van der Waals surface area contributed by atoms with Crippen molar-refractivity contribution in [1.82, 2.24) is 0 Å². The van der Waals surface area contributed by atoms with E-state index in [1.54, 1.807) is 23.1 Å². The van der Waals surface area contributed by atoms with Gasteiger partial charge in [0.05, 0.1) is 12.2 Å². The summed E-state index contributed by atoms with van der Waals surface area (Å²) in [5, 5.41) is 2.75. The molecule has 2 amide bonds. The molecule has 0 aliphatic carbocycles. The van der Waals surface area contributed by atoms with Gasteiger partial charge in [0.25, 0.3) is 11.8 Å². The summed E-state index contributed by atoms with van der Waals surface area (Å²) in [5.41, 5.74) is 2.61. The number of carbonyl (C=O) groups is 2. The van der Waals surface area contributed by atoms with Crippen LogP contribution in [0.15, 0.2) is 66.7 Å². The zero-order chi connectivity index (χ0) is 21.8. The molecule has 31 heavy (non-hydrogen) atoms. The van der Waals surface area contributed by atoms with Crippen molar-refractivity contribution in [3.63, 3.8) is 0 Å². The monoisotopic (exact) mass is 420 g/mol. The predicted octanol–water partition coefficient (Wildman–Crippen LogP) is 4.19.